The van der Waals surface area contributed by atoms with E-state index < -0.39 is 48.2 Å². The lowest BCUT2D eigenvalue weighted by molar-refractivity contribution is -0.155. The number of aliphatic carboxylic acids is 1. The Morgan fingerprint density at radius 1 is 1.07 bits per heavy atom. The minimum absolute atomic E-state index is 0.0767. The van der Waals surface area contributed by atoms with Crippen LogP contribution >= 0.6 is 23.2 Å². The lowest BCUT2D eigenvalue weighted by Gasteiger charge is -2.43. The Labute approximate surface area is 250 Å². The minimum atomic E-state index is -1.22. The first-order valence-corrected chi connectivity index (χ1v) is 13.8. The van der Waals surface area contributed by atoms with E-state index in [9.17, 15) is 29.1 Å². The summed E-state index contributed by atoms with van der Waals surface area (Å²) in [5.41, 5.74) is 3.30. The van der Waals surface area contributed by atoms with Gasteiger partial charge in [0.2, 0.25) is 11.8 Å². The van der Waals surface area contributed by atoms with Crippen molar-refractivity contribution in [1.82, 2.24) is 25.8 Å². The van der Waals surface area contributed by atoms with Crippen LogP contribution in [0.1, 0.15) is 41.6 Å². The number of fused-ring (bicyclic) bond motifs is 1. The highest BCUT2D eigenvalue weighted by molar-refractivity contribution is 6.35. The van der Waals surface area contributed by atoms with Crippen molar-refractivity contribution in [1.29, 1.82) is 0 Å². The number of halogens is 2. The Hall–Kier alpha value is -4.36. The predicted octanol–water partition coefficient (Wildman–Crippen LogP) is 2.83. The average molecular weight is 619 g/mol. The molecular weight excluding hydrogens is 591 g/mol. The first-order valence-electron chi connectivity index (χ1n) is 13.0. The maximum atomic E-state index is 13.6. The van der Waals surface area contributed by atoms with Crippen LogP contribution in [-0.2, 0) is 25.8 Å². The third kappa shape index (κ3) is 7.47. The van der Waals surface area contributed by atoms with E-state index in [1.807, 2.05) is 0 Å². The molecule has 2 atom stereocenters. The molecule has 2 aliphatic rings. The zero-order valence-corrected chi connectivity index (χ0v) is 23.8. The van der Waals surface area contributed by atoms with Gasteiger partial charge in [-0.05, 0) is 37.1 Å². The first-order chi connectivity index (χ1) is 20.2. The molecule has 0 saturated carbocycles. The Morgan fingerprint density at radius 2 is 1.79 bits per heavy atom. The van der Waals surface area contributed by atoms with Crippen LogP contribution in [0.4, 0.5) is 4.79 Å². The van der Waals surface area contributed by atoms with Gasteiger partial charge >= 0.3 is 12.0 Å². The molecule has 0 radical (unpaired) electrons. The van der Waals surface area contributed by atoms with Crippen LogP contribution < -0.4 is 10.7 Å². The number of carbonyl (C=O) groups is 5. The van der Waals surface area contributed by atoms with E-state index in [4.69, 9.17) is 28.0 Å². The van der Waals surface area contributed by atoms with E-state index in [0.717, 1.165) is 16.2 Å². The maximum Gasteiger partial charge on any atom is 0.358 e. The fraction of sp³-hybridized carbons (Fsp3) is 0.333. The van der Waals surface area contributed by atoms with Crippen molar-refractivity contribution in [2.75, 3.05) is 13.1 Å². The van der Waals surface area contributed by atoms with Crippen LogP contribution in [0.3, 0.4) is 0 Å². The molecule has 0 unspecified atom stereocenters. The maximum absolute atomic E-state index is 13.6. The third-order valence-corrected chi connectivity index (χ3v) is 7.26. The number of urea groups is 1. The van der Waals surface area contributed by atoms with Gasteiger partial charge < -0.3 is 15.3 Å². The van der Waals surface area contributed by atoms with Gasteiger partial charge in [0.1, 0.15) is 12.6 Å². The van der Waals surface area contributed by atoms with Crippen LogP contribution in [0.25, 0.3) is 0 Å². The van der Waals surface area contributed by atoms with Crippen molar-refractivity contribution in [3.05, 3.63) is 69.7 Å². The summed E-state index contributed by atoms with van der Waals surface area (Å²) in [5, 5.41) is 19.7. The Morgan fingerprint density at radius 3 is 2.48 bits per heavy atom. The number of oxime groups is 1. The van der Waals surface area contributed by atoms with Crippen molar-refractivity contribution in [2.24, 2.45) is 5.16 Å². The van der Waals surface area contributed by atoms with Crippen LogP contribution in [0.2, 0.25) is 10.0 Å². The molecule has 0 aliphatic carbocycles. The van der Waals surface area contributed by atoms with Gasteiger partial charge in [-0.3, -0.25) is 24.6 Å². The molecule has 13 nitrogen and oxygen atoms in total. The molecule has 2 fully saturated rings. The van der Waals surface area contributed by atoms with Gasteiger partial charge in [-0.2, -0.15) is 0 Å². The van der Waals surface area contributed by atoms with E-state index in [1.54, 1.807) is 48.5 Å². The van der Waals surface area contributed by atoms with Crippen molar-refractivity contribution in [3.8, 4) is 0 Å². The fourth-order valence-electron chi connectivity index (χ4n) is 4.49. The number of amides is 5. The number of hydrogen-bond acceptors (Lipinski definition) is 7. The van der Waals surface area contributed by atoms with Gasteiger partial charge in [0.15, 0.2) is 0 Å². The molecule has 2 aromatic rings. The third-order valence-electron chi connectivity index (χ3n) is 6.55. The summed E-state index contributed by atoms with van der Waals surface area (Å²) in [6.07, 6.45) is 1.11. The number of hydrazine groups is 2. The minimum Gasteiger partial charge on any atom is -0.481 e. The topological polar surface area (TPSA) is 161 Å². The predicted molar refractivity (Wildman–Crippen MR) is 151 cm³/mol. The Bertz CT molecular complexity index is 1360. The van der Waals surface area contributed by atoms with Gasteiger partial charge in [-0.25, -0.2) is 19.8 Å². The van der Waals surface area contributed by atoms with Crippen LogP contribution in [-0.4, -0.2) is 81.2 Å². The molecule has 3 N–H and O–H groups in total. The highest BCUT2D eigenvalue weighted by atomic mass is 35.5. The molecule has 5 amide bonds. The number of carbonyl (C=O) groups excluding carboxylic acids is 4. The standard InChI is InChI=1S/C27H28Cl2N6O7/c28-20-8-4-9-21(29)19(20)16-42-30-15-18(14-24(37)38)31-26(40)22-10-5-12-34-23(36)11-13-33(27(41)35(22)34)32-25(39)17-6-2-1-3-7-17/h1-4,6-9,15,18,22H,5,10-14,16H2,(H,31,40)(H,32,39)(H,37,38)/b30-15+/t18-,22-/m0/s1. The number of nitrogens with one attached hydrogen (secondary N) is 2. The van der Waals surface area contributed by atoms with Gasteiger partial charge in [-0.15, -0.1) is 0 Å². The van der Waals surface area contributed by atoms with E-state index in [2.05, 4.69) is 15.9 Å². The van der Waals surface area contributed by atoms with Crippen molar-refractivity contribution in [2.45, 2.75) is 44.4 Å². The number of rotatable bonds is 10. The quantitative estimate of drug-likeness (QED) is 0.272. The molecule has 2 saturated heterocycles. The zero-order chi connectivity index (χ0) is 30.2. The molecular formula is C27H28Cl2N6O7. The average Bonchev–Trinajstić information content (AvgIpc) is 3.08. The molecule has 2 aromatic carbocycles. The molecule has 0 spiro atoms. The van der Waals surface area contributed by atoms with Crippen LogP contribution in [0.15, 0.2) is 53.7 Å². The van der Waals surface area contributed by atoms with E-state index >= 15 is 0 Å². The van der Waals surface area contributed by atoms with Crippen molar-refractivity contribution >= 4 is 59.1 Å². The van der Waals surface area contributed by atoms with E-state index in [1.165, 1.54) is 5.01 Å². The summed E-state index contributed by atoms with van der Waals surface area (Å²) in [4.78, 5) is 69.3. The second kappa shape index (κ2) is 14.0. The molecule has 222 valence electrons. The number of nitrogens with zero attached hydrogens (tertiary/aromatic N) is 4. The molecule has 42 heavy (non-hydrogen) atoms. The lowest BCUT2D eigenvalue weighted by Crippen LogP contribution is -2.64. The largest absolute Gasteiger partial charge is 0.481 e. The van der Waals surface area contributed by atoms with Crippen LogP contribution in [0.5, 0.6) is 0 Å². The molecule has 0 bridgehead atoms. The molecule has 2 aliphatic heterocycles. The second-order valence-corrected chi connectivity index (χ2v) is 10.3. The van der Waals surface area contributed by atoms with Gasteiger partial charge in [0.05, 0.1) is 25.2 Å². The van der Waals surface area contributed by atoms with E-state index in [-0.39, 0.29) is 32.5 Å². The monoisotopic (exact) mass is 618 g/mol. The summed E-state index contributed by atoms with van der Waals surface area (Å²) in [6, 6.07) is 10.1. The highest BCUT2D eigenvalue weighted by Crippen LogP contribution is 2.25. The number of hydrogen-bond donors (Lipinski definition) is 3. The number of carboxylic acid groups (broad SMARTS) is 1. The Balaban J connectivity index is 1.47. The summed E-state index contributed by atoms with van der Waals surface area (Å²) in [7, 11) is 0. The summed E-state index contributed by atoms with van der Waals surface area (Å²) in [5.74, 6) is -2.88. The fourth-order valence-corrected chi connectivity index (χ4v) is 5.00. The molecule has 15 heteroatoms. The molecule has 4 rings (SSSR count). The van der Waals surface area contributed by atoms with Gasteiger partial charge in [0.25, 0.3) is 5.91 Å². The number of carboxylic acids is 1. The number of benzene rings is 2. The normalized spacial score (nSPS) is 17.9. The van der Waals surface area contributed by atoms with Gasteiger partial charge in [-0.1, -0.05) is 52.6 Å². The first kappa shape index (κ1) is 30.6. The highest BCUT2D eigenvalue weighted by Gasteiger charge is 2.44. The molecule has 0 aromatic heterocycles. The summed E-state index contributed by atoms with van der Waals surface area (Å²) >= 11 is 12.2. The second-order valence-electron chi connectivity index (χ2n) is 9.45. The van der Waals surface area contributed by atoms with Gasteiger partial charge in [0, 0.05) is 34.1 Å². The van der Waals surface area contributed by atoms with Crippen molar-refractivity contribution < 1.29 is 33.9 Å². The smallest absolute Gasteiger partial charge is 0.358 e. The SMILES string of the molecule is O=C(O)C[C@@H](/C=N/OCc1c(Cl)cccc1Cl)NC(=O)[C@@H]1CCCN2C(=O)CCN(NC(=O)c3ccccc3)C(=O)N12. The molecule has 2 heterocycles. The lowest BCUT2D eigenvalue weighted by atomic mass is 10.1. The van der Waals surface area contributed by atoms with Crippen molar-refractivity contribution in [3.63, 3.8) is 0 Å². The Kier molecular flexibility index (Phi) is 10.2. The zero-order valence-electron chi connectivity index (χ0n) is 22.2. The summed E-state index contributed by atoms with van der Waals surface area (Å²) < 4.78 is 0. The van der Waals surface area contributed by atoms with Crippen LogP contribution in [0, 0.1) is 0 Å². The summed E-state index contributed by atoms with van der Waals surface area (Å²) in [6.45, 7) is 0.00119. The van der Waals surface area contributed by atoms with E-state index in [0.29, 0.717) is 27.6 Å².